The van der Waals surface area contributed by atoms with Gasteiger partial charge in [-0.25, -0.2) is 0 Å². The summed E-state index contributed by atoms with van der Waals surface area (Å²) in [6.07, 6.45) is 2.93. The number of nitro benzene ring substituents is 1. The summed E-state index contributed by atoms with van der Waals surface area (Å²) >= 11 is 0. The van der Waals surface area contributed by atoms with E-state index in [9.17, 15) is 20.2 Å². The fourth-order valence-electron chi connectivity index (χ4n) is 2.59. The van der Waals surface area contributed by atoms with Gasteiger partial charge in [-0.1, -0.05) is 6.07 Å². The highest BCUT2D eigenvalue weighted by molar-refractivity contribution is 5.98. The second-order valence-electron chi connectivity index (χ2n) is 4.97. The lowest BCUT2D eigenvalue weighted by molar-refractivity contribution is -0.385. The number of rotatable bonds is 4. The van der Waals surface area contributed by atoms with Crippen LogP contribution in [0.15, 0.2) is 18.2 Å². The molecule has 0 aromatic heterocycles. The van der Waals surface area contributed by atoms with Gasteiger partial charge in [-0.15, -0.1) is 0 Å². The van der Waals surface area contributed by atoms with Crippen molar-refractivity contribution in [2.45, 2.75) is 31.2 Å². The Morgan fingerprint density at radius 1 is 1.48 bits per heavy atom. The molecule has 1 aliphatic carbocycles. The highest BCUT2D eigenvalue weighted by Gasteiger charge is 2.36. The number of ether oxygens (including phenoxy) is 1. The molecule has 0 aliphatic heterocycles. The highest BCUT2D eigenvalue weighted by atomic mass is 16.6. The SMILES string of the molecule is COc1c(C(=O)NC2(C#N)CCCC2)cccc1[N+](=O)[O-]. The first-order chi connectivity index (χ1) is 10.0. The molecule has 1 aromatic rings. The van der Waals surface area contributed by atoms with Gasteiger partial charge in [0.15, 0.2) is 0 Å². The van der Waals surface area contributed by atoms with Crippen LogP contribution < -0.4 is 10.1 Å². The first kappa shape index (κ1) is 14.8. The second kappa shape index (κ2) is 5.79. The van der Waals surface area contributed by atoms with Crippen LogP contribution in [0.1, 0.15) is 36.0 Å². The zero-order valence-corrected chi connectivity index (χ0v) is 11.6. The average Bonchev–Trinajstić information content (AvgIpc) is 2.95. The van der Waals surface area contributed by atoms with E-state index in [1.807, 2.05) is 0 Å². The smallest absolute Gasteiger partial charge is 0.311 e. The molecule has 1 amide bonds. The standard InChI is InChI=1S/C14H15N3O4/c1-21-12-10(5-4-6-11(12)17(19)20)13(18)16-14(9-15)7-2-3-8-14/h4-6H,2-3,7-8H2,1H3,(H,16,18). The molecule has 110 valence electrons. The van der Waals surface area contributed by atoms with E-state index in [1.165, 1.54) is 25.3 Å². The van der Waals surface area contributed by atoms with Gasteiger partial charge in [0.2, 0.25) is 5.75 Å². The molecule has 7 heteroatoms. The molecule has 0 bridgehead atoms. The molecular formula is C14H15N3O4. The molecule has 0 unspecified atom stereocenters. The average molecular weight is 289 g/mol. The minimum Gasteiger partial charge on any atom is -0.490 e. The Hall–Kier alpha value is -2.62. The molecule has 0 atom stereocenters. The number of carbonyl (C=O) groups excluding carboxylic acids is 1. The van der Waals surface area contributed by atoms with Crippen LogP contribution in [0.2, 0.25) is 0 Å². The number of hydrogen-bond donors (Lipinski definition) is 1. The van der Waals surface area contributed by atoms with Crippen LogP contribution in [0, 0.1) is 21.4 Å². The largest absolute Gasteiger partial charge is 0.490 e. The van der Waals surface area contributed by atoms with Crippen LogP contribution in [0.25, 0.3) is 0 Å². The van der Waals surface area contributed by atoms with Gasteiger partial charge < -0.3 is 10.1 Å². The van der Waals surface area contributed by atoms with E-state index in [2.05, 4.69) is 11.4 Å². The van der Waals surface area contributed by atoms with Crippen molar-refractivity contribution in [3.05, 3.63) is 33.9 Å². The normalized spacial score (nSPS) is 16.0. The van der Waals surface area contributed by atoms with E-state index in [0.717, 1.165) is 12.8 Å². The molecular weight excluding hydrogens is 274 g/mol. The predicted molar refractivity (Wildman–Crippen MR) is 73.9 cm³/mol. The van der Waals surface area contributed by atoms with E-state index in [4.69, 9.17) is 4.74 Å². The third-order valence-electron chi connectivity index (χ3n) is 3.66. The van der Waals surface area contributed by atoms with Crippen LogP contribution in [0.3, 0.4) is 0 Å². The monoisotopic (exact) mass is 289 g/mol. The van der Waals surface area contributed by atoms with Crippen molar-refractivity contribution in [3.8, 4) is 11.8 Å². The van der Waals surface area contributed by atoms with Gasteiger partial charge in [-0.3, -0.25) is 14.9 Å². The van der Waals surface area contributed by atoms with Crippen LogP contribution in [0.4, 0.5) is 5.69 Å². The molecule has 0 radical (unpaired) electrons. The molecule has 1 saturated carbocycles. The summed E-state index contributed by atoms with van der Waals surface area (Å²) in [4.78, 5) is 22.7. The summed E-state index contributed by atoms with van der Waals surface area (Å²) in [5, 5.41) is 22.9. The lowest BCUT2D eigenvalue weighted by Gasteiger charge is -2.22. The van der Waals surface area contributed by atoms with Crippen molar-refractivity contribution in [3.63, 3.8) is 0 Å². The van der Waals surface area contributed by atoms with E-state index in [-0.39, 0.29) is 17.0 Å². The fraction of sp³-hybridized carbons (Fsp3) is 0.429. The summed E-state index contributed by atoms with van der Waals surface area (Å²) < 4.78 is 5.00. The molecule has 0 heterocycles. The fourth-order valence-corrected chi connectivity index (χ4v) is 2.59. The minimum absolute atomic E-state index is 0.0632. The quantitative estimate of drug-likeness (QED) is 0.675. The van der Waals surface area contributed by atoms with Gasteiger partial charge in [0.25, 0.3) is 5.91 Å². The minimum atomic E-state index is -0.882. The summed E-state index contributed by atoms with van der Waals surface area (Å²) in [6.45, 7) is 0. The Balaban J connectivity index is 2.34. The number of amides is 1. The zero-order chi connectivity index (χ0) is 15.5. The number of nitrogens with zero attached hydrogens (tertiary/aromatic N) is 2. The maximum Gasteiger partial charge on any atom is 0.311 e. The van der Waals surface area contributed by atoms with Crippen LogP contribution in [-0.2, 0) is 0 Å². The highest BCUT2D eigenvalue weighted by Crippen LogP contribution is 2.33. The number of para-hydroxylation sites is 1. The third kappa shape index (κ3) is 2.79. The Labute approximate surface area is 121 Å². The lowest BCUT2D eigenvalue weighted by Crippen LogP contribution is -2.45. The van der Waals surface area contributed by atoms with Gasteiger partial charge in [-0.2, -0.15) is 5.26 Å². The van der Waals surface area contributed by atoms with E-state index in [0.29, 0.717) is 12.8 Å². The van der Waals surface area contributed by atoms with Crippen LogP contribution in [0.5, 0.6) is 5.75 Å². The van der Waals surface area contributed by atoms with Crippen molar-refractivity contribution in [2.24, 2.45) is 0 Å². The maximum absolute atomic E-state index is 12.4. The summed E-state index contributed by atoms with van der Waals surface area (Å²) in [6, 6.07) is 6.28. The predicted octanol–water partition coefficient (Wildman–Crippen LogP) is 2.17. The first-order valence-electron chi connectivity index (χ1n) is 6.58. The van der Waals surface area contributed by atoms with E-state index >= 15 is 0 Å². The van der Waals surface area contributed by atoms with Crippen LogP contribution in [-0.4, -0.2) is 23.5 Å². The molecule has 1 aliphatic rings. The van der Waals surface area contributed by atoms with Gasteiger partial charge in [0.05, 0.1) is 23.7 Å². The van der Waals surface area contributed by atoms with Crippen molar-refractivity contribution in [1.29, 1.82) is 5.26 Å². The molecule has 1 N–H and O–H groups in total. The van der Waals surface area contributed by atoms with Crippen molar-refractivity contribution in [1.82, 2.24) is 5.32 Å². The summed E-state index contributed by atoms with van der Waals surface area (Å²) in [7, 11) is 1.27. The number of nitriles is 1. The lowest BCUT2D eigenvalue weighted by atomic mass is 9.99. The Kier molecular flexibility index (Phi) is 4.08. The molecule has 21 heavy (non-hydrogen) atoms. The van der Waals surface area contributed by atoms with Crippen molar-refractivity contribution < 1.29 is 14.5 Å². The van der Waals surface area contributed by atoms with E-state index < -0.39 is 16.4 Å². The molecule has 1 aromatic carbocycles. The number of hydrogen-bond acceptors (Lipinski definition) is 5. The third-order valence-corrected chi connectivity index (χ3v) is 3.66. The maximum atomic E-state index is 12.4. The van der Waals surface area contributed by atoms with Crippen molar-refractivity contribution in [2.75, 3.05) is 7.11 Å². The number of carbonyl (C=O) groups is 1. The van der Waals surface area contributed by atoms with E-state index in [1.54, 1.807) is 0 Å². The molecule has 1 fully saturated rings. The molecule has 0 spiro atoms. The Morgan fingerprint density at radius 2 is 2.14 bits per heavy atom. The van der Waals surface area contributed by atoms with Crippen LogP contribution >= 0.6 is 0 Å². The Morgan fingerprint density at radius 3 is 2.67 bits per heavy atom. The zero-order valence-electron chi connectivity index (χ0n) is 11.6. The molecule has 7 nitrogen and oxygen atoms in total. The number of nitro groups is 1. The van der Waals surface area contributed by atoms with Gasteiger partial charge in [0, 0.05) is 6.07 Å². The topological polar surface area (TPSA) is 105 Å². The second-order valence-corrected chi connectivity index (χ2v) is 4.97. The number of nitrogens with one attached hydrogen (secondary N) is 1. The molecule has 0 saturated heterocycles. The molecule has 2 rings (SSSR count). The number of methoxy groups -OCH3 is 1. The van der Waals surface area contributed by atoms with Gasteiger partial charge >= 0.3 is 5.69 Å². The Bertz CT molecular complexity index is 615. The summed E-state index contributed by atoms with van der Waals surface area (Å²) in [5.41, 5.74) is -1.09. The summed E-state index contributed by atoms with van der Waals surface area (Å²) in [5.74, 6) is -0.620. The van der Waals surface area contributed by atoms with Gasteiger partial charge in [0.1, 0.15) is 5.54 Å². The van der Waals surface area contributed by atoms with Crippen molar-refractivity contribution >= 4 is 11.6 Å². The first-order valence-corrected chi connectivity index (χ1v) is 6.58. The number of benzene rings is 1. The van der Waals surface area contributed by atoms with Gasteiger partial charge in [-0.05, 0) is 31.7 Å².